The first-order chi connectivity index (χ1) is 16.3. The van der Waals surface area contributed by atoms with Crippen LogP contribution in [0.3, 0.4) is 0 Å². The Labute approximate surface area is 210 Å². The minimum Gasteiger partial charge on any atom is -0.444 e. The van der Waals surface area contributed by atoms with Crippen LogP contribution in [-0.2, 0) is 27.2 Å². The molecule has 35 heavy (non-hydrogen) atoms. The van der Waals surface area contributed by atoms with Gasteiger partial charge in [0.05, 0.1) is 12.1 Å². The molecule has 0 aromatic heterocycles. The van der Waals surface area contributed by atoms with E-state index in [0.29, 0.717) is 12.8 Å². The van der Waals surface area contributed by atoms with Crippen molar-refractivity contribution in [1.82, 2.24) is 5.32 Å². The Kier molecular flexibility index (Phi) is 12.4. The van der Waals surface area contributed by atoms with E-state index < -0.39 is 17.7 Å². The van der Waals surface area contributed by atoms with Crippen LogP contribution in [0.1, 0.15) is 59.6 Å². The number of nitrogens with two attached hydrogens (primary N) is 1. The minimum absolute atomic E-state index is 0.00808. The van der Waals surface area contributed by atoms with E-state index in [2.05, 4.69) is 5.32 Å². The Balaban J connectivity index is 0.000000379. The molecule has 6 heteroatoms. The first kappa shape index (κ1) is 30.0. The Morgan fingerprint density at radius 1 is 0.771 bits per heavy atom. The Morgan fingerprint density at radius 2 is 1.20 bits per heavy atom. The minimum atomic E-state index is -0.575. The molecular weight excluding hydrogens is 440 g/mol. The molecule has 0 aliphatic heterocycles. The van der Waals surface area contributed by atoms with E-state index in [1.54, 1.807) is 20.8 Å². The van der Waals surface area contributed by atoms with Crippen LogP contribution in [0.2, 0.25) is 0 Å². The molecule has 0 unspecified atom stereocenters. The summed E-state index contributed by atoms with van der Waals surface area (Å²) in [7, 11) is 0. The fourth-order valence-corrected chi connectivity index (χ4v) is 3.25. The first-order valence-electron chi connectivity index (χ1n) is 12.2. The average molecular weight is 483 g/mol. The summed E-state index contributed by atoms with van der Waals surface area (Å²) in [6, 6.07) is 18.3. The second-order valence-corrected chi connectivity index (χ2v) is 10.4. The number of carbonyl (C=O) groups excluding carboxylic acids is 3. The predicted octanol–water partition coefficient (Wildman–Crippen LogP) is 5.13. The van der Waals surface area contributed by atoms with Crippen LogP contribution in [0.4, 0.5) is 4.79 Å². The monoisotopic (exact) mass is 482 g/mol. The maximum atomic E-state index is 12.4. The maximum absolute atomic E-state index is 12.4. The summed E-state index contributed by atoms with van der Waals surface area (Å²) in [5, 5.41) is 2.68. The van der Waals surface area contributed by atoms with Crippen molar-refractivity contribution >= 4 is 17.7 Å². The lowest BCUT2D eigenvalue weighted by molar-refractivity contribution is -0.121. The second kappa shape index (κ2) is 14.4. The molecule has 2 rings (SSSR count). The largest absolute Gasteiger partial charge is 0.444 e. The SMILES string of the molecule is CC(C)[C@H](N)C(=O)Cc1ccccc1.CC(C)[C@H](NC(=O)OC(C)(C)C)C(=O)Cc1ccccc1. The molecule has 0 saturated carbocycles. The highest BCUT2D eigenvalue weighted by atomic mass is 16.6. The Hall–Kier alpha value is -2.99. The van der Waals surface area contributed by atoms with Gasteiger partial charge in [-0.25, -0.2) is 4.79 Å². The van der Waals surface area contributed by atoms with E-state index in [1.165, 1.54) is 0 Å². The van der Waals surface area contributed by atoms with Gasteiger partial charge in [0.1, 0.15) is 5.60 Å². The number of amides is 1. The lowest BCUT2D eigenvalue weighted by Crippen LogP contribution is -2.46. The Bertz CT molecular complexity index is 919. The summed E-state index contributed by atoms with van der Waals surface area (Å²) in [5.74, 6) is 0.327. The van der Waals surface area contributed by atoms with E-state index in [0.717, 1.165) is 11.1 Å². The summed E-state index contributed by atoms with van der Waals surface area (Å²) in [4.78, 5) is 35.9. The van der Waals surface area contributed by atoms with Crippen LogP contribution in [0.15, 0.2) is 60.7 Å². The van der Waals surface area contributed by atoms with Gasteiger partial charge in [-0.15, -0.1) is 0 Å². The molecule has 2 atom stereocenters. The average Bonchev–Trinajstić information content (AvgIpc) is 2.77. The van der Waals surface area contributed by atoms with Gasteiger partial charge in [0.25, 0.3) is 0 Å². The van der Waals surface area contributed by atoms with Crippen LogP contribution >= 0.6 is 0 Å². The van der Waals surface area contributed by atoms with Crippen LogP contribution in [0, 0.1) is 11.8 Å². The van der Waals surface area contributed by atoms with Gasteiger partial charge in [-0.2, -0.15) is 0 Å². The van der Waals surface area contributed by atoms with Crippen LogP contribution in [0.5, 0.6) is 0 Å². The van der Waals surface area contributed by atoms with E-state index in [-0.39, 0.29) is 29.4 Å². The molecule has 2 aromatic rings. The summed E-state index contributed by atoms with van der Waals surface area (Å²) in [6.45, 7) is 13.1. The molecule has 0 fully saturated rings. The van der Waals surface area contributed by atoms with Crippen molar-refractivity contribution in [1.29, 1.82) is 0 Å². The highest BCUT2D eigenvalue weighted by Crippen LogP contribution is 2.11. The van der Waals surface area contributed by atoms with Gasteiger partial charge < -0.3 is 15.8 Å². The van der Waals surface area contributed by atoms with Crippen molar-refractivity contribution in [2.45, 2.75) is 79.0 Å². The number of carbonyl (C=O) groups is 3. The van der Waals surface area contributed by atoms with E-state index >= 15 is 0 Å². The van der Waals surface area contributed by atoms with Gasteiger partial charge in [0.15, 0.2) is 11.6 Å². The number of rotatable bonds is 9. The molecule has 0 spiro atoms. The van der Waals surface area contributed by atoms with Crippen molar-refractivity contribution in [2.24, 2.45) is 17.6 Å². The number of nitrogens with one attached hydrogen (secondary N) is 1. The van der Waals surface area contributed by atoms with Gasteiger partial charge in [0, 0.05) is 12.8 Å². The van der Waals surface area contributed by atoms with Crippen molar-refractivity contribution in [3.05, 3.63) is 71.8 Å². The van der Waals surface area contributed by atoms with E-state index in [1.807, 2.05) is 88.4 Å². The lowest BCUT2D eigenvalue weighted by Gasteiger charge is -2.25. The quantitative estimate of drug-likeness (QED) is 0.516. The number of alkyl carbamates (subject to hydrolysis) is 1. The first-order valence-corrected chi connectivity index (χ1v) is 12.2. The number of hydrogen-bond donors (Lipinski definition) is 2. The fraction of sp³-hybridized carbons (Fsp3) is 0.483. The summed E-state index contributed by atoms with van der Waals surface area (Å²) in [5.41, 5.74) is 7.16. The predicted molar refractivity (Wildman–Crippen MR) is 141 cm³/mol. The third-order valence-electron chi connectivity index (χ3n) is 5.22. The maximum Gasteiger partial charge on any atom is 0.408 e. The number of ether oxygens (including phenoxy) is 1. The number of ketones is 2. The molecule has 0 aliphatic rings. The van der Waals surface area contributed by atoms with Crippen molar-refractivity contribution in [3.8, 4) is 0 Å². The van der Waals surface area contributed by atoms with Gasteiger partial charge in [0.2, 0.25) is 0 Å². The van der Waals surface area contributed by atoms with Crippen molar-refractivity contribution in [3.63, 3.8) is 0 Å². The summed E-state index contributed by atoms with van der Waals surface area (Å²) in [6.07, 6.45) is 0.197. The van der Waals surface area contributed by atoms with Crippen LogP contribution in [-0.4, -0.2) is 35.3 Å². The summed E-state index contributed by atoms with van der Waals surface area (Å²) < 4.78 is 5.22. The molecular formula is C29H42N2O4. The zero-order chi connectivity index (χ0) is 26.6. The van der Waals surface area contributed by atoms with E-state index in [4.69, 9.17) is 10.5 Å². The molecule has 2 aromatic carbocycles. The zero-order valence-corrected chi connectivity index (χ0v) is 22.2. The van der Waals surface area contributed by atoms with Crippen LogP contribution in [0.25, 0.3) is 0 Å². The molecule has 0 heterocycles. The molecule has 0 radical (unpaired) electrons. The third-order valence-corrected chi connectivity index (χ3v) is 5.22. The highest BCUT2D eigenvalue weighted by Gasteiger charge is 2.26. The third kappa shape index (κ3) is 12.3. The number of benzene rings is 2. The normalized spacial score (nSPS) is 12.9. The topological polar surface area (TPSA) is 98.5 Å². The second-order valence-electron chi connectivity index (χ2n) is 10.4. The van der Waals surface area contributed by atoms with Gasteiger partial charge >= 0.3 is 6.09 Å². The van der Waals surface area contributed by atoms with Gasteiger partial charge in [-0.1, -0.05) is 88.4 Å². The lowest BCUT2D eigenvalue weighted by atomic mass is 9.95. The number of hydrogen-bond acceptors (Lipinski definition) is 5. The molecule has 0 aliphatic carbocycles. The highest BCUT2D eigenvalue weighted by molar-refractivity contribution is 5.89. The number of Topliss-reactive ketones (excluding diaryl/α,β-unsaturated/α-hetero) is 2. The molecule has 1 amide bonds. The summed E-state index contributed by atoms with van der Waals surface area (Å²) >= 11 is 0. The molecule has 0 bridgehead atoms. The molecule has 3 N–H and O–H groups in total. The molecule has 192 valence electrons. The van der Waals surface area contributed by atoms with Crippen LogP contribution < -0.4 is 11.1 Å². The van der Waals surface area contributed by atoms with E-state index in [9.17, 15) is 14.4 Å². The zero-order valence-electron chi connectivity index (χ0n) is 22.2. The molecule has 0 saturated heterocycles. The van der Waals surface area contributed by atoms with Gasteiger partial charge in [-0.05, 0) is 43.7 Å². The van der Waals surface area contributed by atoms with Crippen molar-refractivity contribution < 1.29 is 19.1 Å². The smallest absolute Gasteiger partial charge is 0.408 e. The van der Waals surface area contributed by atoms with Gasteiger partial charge in [-0.3, -0.25) is 9.59 Å². The van der Waals surface area contributed by atoms with Crippen molar-refractivity contribution in [2.75, 3.05) is 0 Å². The fourth-order valence-electron chi connectivity index (χ4n) is 3.25. The Morgan fingerprint density at radius 3 is 1.57 bits per heavy atom. The molecule has 6 nitrogen and oxygen atoms in total. The standard InChI is InChI=1S/C17H25NO3.C12H17NO/c1-12(2)15(18-16(20)21-17(3,4)5)14(19)11-13-9-7-6-8-10-13;1-9(2)12(13)11(14)8-10-6-4-3-5-7-10/h6-10,12,15H,11H2,1-5H3,(H,18,20);3-7,9,12H,8,13H2,1-2H3/t15-;12-/m00/s1.